The Morgan fingerprint density at radius 3 is 2.48 bits per heavy atom. The largest absolute Gasteiger partial charge is 0.360 e. The zero-order chi connectivity index (χ0) is 17.2. The van der Waals surface area contributed by atoms with Gasteiger partial charge in [0, 0.05) is 31.9 Å². The summed E-state index contributed by atoms with van der Waals surface area (Å²) in [5.41, 5.74) is 1.95. The van der Waals surface area contributed by atoms with E-state index in [2.05, 4.69) is 42.5 Å². The molecule has 3 aromatic rings. The lowest BCUT2D eigenvalue weighted by Crippen LogP contribution is -2.27. The van der Waals surface area contributed by atoms with E-state index in [1.807, 2.05) is 19.4 Å². The minimum atomic E-state index is 0.0473. The van der Waals surface area contributed by atoms with Gasteiger partial charge in [-0.05, 0) is 30.1 Å². The van der Waals surface area contributed by atoms with Crippen molar-refractivity contribution in [3.8, 4) is 0 Å². The molecule has 4 rings (SSSR count). The summed E-state index contributed by atoms with van der Waals surface area (Å²) in [5, 5.41) is 15.4. The fourth-order valence-corrected chi connectivity index (χ4v) is 3.18. The summed E-state index contributed by atoms with van der Waals surface area (Å²) in [6.45, 7) is 4.03. The number of anilines is 2. The van der Waals surface area contributed by atoms with Crippen LogP contribution in [0.3, 0.4) is 0 Å². The van der Waals surface area contributed by atoms with Crippen LogP contribution in [0.1, 0.15) is 44.2 Å². The van der Waals surface area contributed by atoms with Crippen LogP contribution in [0.15, 0.2) is 17.0 Å². The van der Waals surface area contributed by atoms with Crippen LogP contribution in [0.4, 0.5) is 11.6 Å². The molecule has 1 atom stereocenters. The molecule has 1 fully saturated rings. The van der Waals surface area contributed by atoms with E-state index in [1.165, 1.54) is 12.8 Å². The molecule has 25 heavy (non-hydrogen) atoms. The van der Waals surface area contributed by atoms with Gasteiger partial charge in [0.05, 0.1) is 12.2 Å². The number of rotatable bonds is 4. The molecule has 3 aromatic heterocycles. The van der Waals surface area contributed by atoms with Crippen molar-refractivity contribution >= 4 is 22.9 Å². The summed E-state index contributed by atoms with van der Waals surface area (Å²) in [7, 11) is 1.91. The molecular weight excluding hydrogens is 320 g/mol. The van der Waals surface area contributed by atoms with Crippen LogP contribution in [0.5, 0.6) is 0 Å². The molecule has 1 aliphatic heterocycles. The molecule has 9 heteroatoms. The van der Waals surface area contributed by atoms with Gasteiger partial charge in [-0.1, -0.05) is 12.8 Å². The first-order valence-electron chi connectivity index (χ1n) is 8.71. The SMILES string of the molecule is C[C@@H](Nc1nc2nonc2nc1N1CCCCCC1)c1cnn(C)c1. The average molecular weight is 342 g/mol. The standard InChI is InChI=1S/C16H22N8O/c1-11(12-9-17-23(2)10-12)18-15-16(24-7-5-3-4-6-8-24)20-14-13(19-15)21-25-22-14/h9-11H,3-8H2,1-2H3,(H,18,19,21)/t11-/m1/s1. The Morgan fingerprint density at radius 1 is 1.08 bits per heavy atom. The minimum absolute atomic E-state index is 0.0473. The van der Waals surface area contributed by atoms with E-state index in [0.29, 0.717) is 17.1 Å². The van der Waals surface area contributed by atoms with E-state index in [-0.39, 0.29) is 6.04 Å². The summed E-state index contributed by atoms with van der Waals surface area (Å²) in [6.07, 6.45) is 8.68. The van der Waals surface area contributed by atoms with Crippen molar-refractivity contribution < 1.29 is 4.63 Å². The molecule has 0 spiro atoms. The molecule has 0 radical (unpaired) electrons. The van der Waals surface area contributed by atoms with Gasteiger partial charge in [0.15, 0.2) is 11.6 Å². The predicted molar refractivity (Wildman–Crippen MR) is 93.3 cm³/mol. The Bertz CT molecular complexity index is 849. The normalized spacial score (nSPS) is 16.8. The highest BCUT2D eigenvalue weighted by Crippen LogP contribution is 2.29. The van der Waals surface area contributed by atoms with Gasteiger partial charge >= 0.3 is 0 Å². The average Bonchev–Trinajstić information content (AvgIpc) is 3.15. The van der Waals surface area contributed by atoms with Crippen molar-refractivity contribution in [2.75, 3.05) is 23.3 Å². The van der Waals surface area contributed by atoms with Crippen molar-refractivity contribution in [3.05, 3.63) is 18.0 Å². The third-order valence-corrected chi connectivity index (χ3v) is 4.58. The van der Waals surface area contributed by atoms with Crippen LogP contribution in [-0.2, 0) is 7.05 Å². The Balaban J connectivity index is 1.68. The fraction of sp³-hybridized carbons (Fsp3) is 0.562. The topological polar surface area (TPSA) is 97.8 Å². The number of nitrogens with one attached hydrogen (secondary N) is 1. The van der Waals surface area contributed by atoms with Crippen molar-refractivity contribution in [1.29, 1.82) is 0 Å². The summed E-state index contributed by atoms with van der Waals surface area (Å²) in [6, 6.07) is 0.0473. The van der Waals surface area contributed by atoms with E-state index in [9.17, 15) is 0 Å². The van der Waals surface area contributed by atoms with Gasteiger partial charge in [-0.25, -0.2) is 14.6 Å². The highest BCUT2D eigenvalue weighted by atomic mass is 16.6. The third kappa shape index (κ3) is 3.26. The summed E-state index contributed by atoms with van der Waals surface area (Å²) in [4.78, 5) is 11.6. The number of nitrogens with zero attached hydrogens (tertiary/aromatic N) is 7. The van der Waals surface area contributed by atoms with Crippen LogP contribution in [0.25, 0.3) is 11.3 Å². The van der Waals surface area contributed by atoms with Gasteiger partial charge in [0.2, 0.25) is 11.3 Å². The Morgan fingerprint density at radius 2 is 1.80 bits per heavy atom. The highest BCUT2D eigenvalue weighted by Gasteiger charge is 2.21. The smallest absolute Gasteiger partial charge is 0.245 e. The molecule has 1 saturated heterocycles. The lowest BCUT2D eigenvalue weighted by atomic mass is 10.2. The van der Waals surface area contributed by atoms with E-state index >= 15 is 0 Å². The second-order valence-electron chi connectivity index (χ2n) is 6.52. The molecule has 0 aliphatic carbocycles. The Hall–Kier alpha value is -2.71. The summed E-state index contributed by atoms with van der Waals surface area (Å²) in [5.74, 6) is 1.53. The Labute approximate surface area is 145 Å². The zero-order valence-corrected chi connectivity index (χ0v) is 14.5. The van der Waals surface area contributed by atoms with E-state index in [1.54, 1.807) is 4.68 Å². The fourth-order valence-electron chi connectivity index (χ4n) is 3.18. The number of aromatic nitrogens is 6. The highest BCUT2D eigenvalue weighted by molar-refractivity contribution is 5.74. The van der Waals surface area contributed by atoms with Crippen molar-refractivity contribution in [3.63, 3.8) is 0 Å². The molecule has 0 unspecified atom stereocenters. The van der Waals surface area contributed by atoms with Gasteiger partial charge in [-0.2, -0.15) is 5.10 Å². The first kappa shape index (κ1) is 15.8. The number of hydrogen-bond donors (Lipinski definition) is 1. The van der Waals surface area contributed by atoms with Gasteiger partial charge < -0.3 is 10.2 Å². The second kappa shape index (κ2) is 6.66. The second-order valence-corrected chi connectivity index (χ2v) is 6.52. The maximum atomic E-state index is 4.80. The van der Waals surface area contributed by atoms with Gasteiger partial charge in [0.25, 0.3) is 0 Å². The lowest BCUT2D eigenvalue weighted by Gasteiger charge is -2.24. The van der Waals surface area contributed by atoms with Gasteiger partial charge in [0.1, 0.15) is 0 Å². The maximum absolute atomic E-state index is 4.80. The zero-order valence-electron chi connectivity index (χ0n) is 14.5. The van der Waals surface area contributed by atoms with Crippen LogP contribution in [0, 0.1) is 0 Å². The van der Waals surface area contributed by atoms with Crippen LogP contribution < -0.4 is 10.2 Å². The Kier molecular flexibility index (Phi) is 4.21. The molecule has 4 heterocycles. The van der Waals surface area contributed by atoms with Crippen LogP contribution in [-0.4, -0.2) is 43.2 Å². The van der Waals surface area contributed by atoms with E-state index < -0.39 is 0 Å². The van der Waals surface area contributed by atoms with Crippen molar-refractivity contribution in [1.82, 2.24) is 30.1 Å². The molecule has 0 bridgehead atoms. The number of aryl methyl sites for hydroxylation is 1. The molecule has 1 aliphatic rings. The maximum Gasteiger partial charge on any atom is 0.245 e. The first-order valence-corrected chi connectivity index (χ1v) is 8.71. The summed E-state index contributed by atoms with van der Waals surface area (Å²) >= 11 is 0. The molecule has 0 aromatic carbocycles. The van der Waals surface area contributed by atoms with E-state index in [0.717, 1.165) is 37.3 Å². The van der Waals surface area contributed by atoms with Gasteiger partial charge in [-0.3, -0.25) is 4.68 Å². The quantitative estimate of drug-likeness (QED) is 0.771. The van der Waals surface area contributed by atoms with Crippen molar-refractivity contribution in [2.24, 2.45) is 7.05 Å². The predicted octanol–water partition coefficient (Wildman–Crippen LogP) is 2.30. The van der Waals surface area contributed by atoms with E-state index in [4.69, 9.17) is 4.63 Å². The number of fused-ring (bicyclic) bond motifs is 1. The van der Waals surface area contributed by atoms with Crippen molar-refractivity contribution in [2.45, 2.75) is 38.6 Å². The lowest BCUT2D eigenvalue weighted by molar-refractivity contribution is 0.314. The molecule has 0 amide bonds. The number of hydrogen-bond acceptors (Lipinski definition) is 8. The van der Waals surface area contributed by atoms with Crippen LogP contribution in [0.2, 0.25) is 0 Å². The first-order chi connectivity index (χ1) is 12.2. The molecule has 1 N–H and O–H groups in total. The monoisotopic (exact) mass is 342 g/mol. The molecule has 0 saturated carbocycles. The summed E-state index contributed by atoms with van der Waals surface area (Å²) < 4.78 is 6.59. The molecule has 132 valence electrons. The molecular formula is C16H22N8O. The molecule has 9 nitrogen and oxygen atoms in total. The third-order valence-electron chi connectivity index (χ3n) is 4.58. The minimum Gasteiger partial charge on any atom is -0.360 e. The van der Waals surface area contributed by atoms with Gasteiger partial charge in [-0.15, -0.1) is 0 Å². The van der Waals surface area contributed by atoms with Crippen LogP contribution >= 0.6 is 0 Å².